The Kier molecular flexibility index (Phi) is 56.2. The fourth-order valence-corrected chi connectivity index (χ4v) is 9.23. The summed E-state index contributed by atoms with van der Waals surface area (Å²) >= 11 is 0. The molecule has 3 N–H and O–H groups in total. The Bertz CT molecular complexity index is 1050. The second-order valence-electron chi connectivity index (χ2n) is 20.4. The fraction of sp³-hybridized carbons (Fsp3) is 0.855. The van der Waals surface area contributed by atoms with Crippen LogP contribution in [0.25, 0.3) is 0 Å². The van der Waals surface area contributed by atoms with Crippen molar-refractivity contribution in [3.63, 3.8) is 0 Å². The number of unbranched alkanes of at least 4 members (excludes halogenated alkanes) is 42. The maximum atomic E-state index is 12.5. The Morgan fingerprint density at radius 2 is 0.636 bits per heavy atom. The van der Waals surface area contributed by atoms with E-state index in [1.165, 1.54) is 263 Å². The van der Waals surface area contributed by atoms with Crippen LogP contribution in [0.1, 0.15) is 322 Å². The molecule has 66 heavy (non-hydrogen) atoms. The predicted octanol–water partition coefficient (Wildman–Crippen LogP) is 19.8. The summed E-state index contributed by atoms with van der Waals surface area (Å²) in [6.07, 6.45) is 80.1. The Labute approximate surface area is 414 Å². The van der Waals surface area contributed by atoms with Crippen molar-refractivity contribution in [2.75, 3.05) is 6.61 Å². The van der Waals surface area contributed by atoms with E-state index in [-0.39, 0.29) is 12.5 Å². The second kappa shape index (κ2) is 57.7. The molecular weight excluding hydrogens is 807 g/mol. The molecule has 2 unspecified atom stereocenters. The molecule has 0 aromatic carbocycles. The van der Waals surface area contributed by atoms with Gasteiger partial charge in [0, 0.05) is 6.42 Å². The maximum Gasteiger partial charge on any atom is 0.220 e. The number of allylic oxidation sites excluding steroid dienone is 7. The minimum Gasteiger partial charge on any atom is -0.394 e. The van der Waals surface area contributed by atoms with Crippen molar-refractivity contribution < 1.29 is 15.0 Å². The zero-order valence-electron chi connectivity index (χ0n) is 44.7. The molecule has 0 aromatic rings. The Morgan fingerprint density at radius 1 is 0.364 bits per heavy atom. The predicted molar refractivity (Wildman–Crippen MR) is 295 cm³/mol. The van der Waals surface area contributed by atoms with E-state index in [4.69, 9.17) is 0 Å². The van der Waals surface area contributed by atoms with Crippen LogP contribution in [-0.2, 0) is 4.79 Å². The normalized spacial score (nSPS) is 13.1. The van der Waals surface area contributed by atoms with E-state index >= 15 is 0 Å². The van der Waals surface area contributed by atoms with E-state index in [0.717, 1.165) is 38.5 Å². The highest BCUT2D eigenvalue weighted by Gasteiger charge is 2.18. The summed E-state index contributed by atoms with van der Waals surface area (Å²) in [4.78, 5) is 12.5. The first-order valence-electron chi connectivity index (χ1n) is 29.9. The number of hydrogen-bond acceptors (Lipinski definition) is 3. The van der Waals surface area contributed by atoms with Crippen LogP contribution < -0.4 is 5.32 Å². The lowest BCUT2D eigenvalue weighted by molar-refractivity contribution is -0.123. The molecule has 0 bridgehead atoms. The number of nitrogens with one attached hydrogen (secondary N) is 1. The van der Waals surface area contributed by atoms with Gasteiger partial charge in [-0.2, -0.15) is 0 Å². The summed E-state index contributed by atoms with van der Waals surface area (Å²) in [5.41, 5.74) is 0. The van der Waals surface area contributed by atoms with Gasteiger partial charge < -0.3 is 15.5 Å². The lowest BCUT2D eigenvalue weighted by atomic mass is 10.0. The molecule has 0 saturated heterocycles. The Morgan fingerprint density at radius 3 is 0.970 bits per heavy atom. The molecule has 0 aliphatic carbocycles. The van der Waals surface area contributed by atoms with E-state index in [0.29, 0.717) is 6.42 Å². The van der Waals surface area contributed by atoms with Crippen LogP contribution in [0, 0.1) is 0 Å². The van der Waals surface area contributed by atoms with Crippen LogP contribution in [0.5, 0.6) is 0 Å². The lowest BCUT2D eigenvalue weighted by Crippen LogP contribution is -2.45. The molecule has 388 valence electrons. The highest BCUT2D eigenvalue weighted by atomic mass is 16.3. The smallest absolute Gasteiger partial charge is 0.220 e. The number of carbonyl (C=O) groups excluding carboxylic acids is 1. The van der Waals surface area contributed by atoms with E-state index < -0.39 is 12.1 Å². The summed E-state index contributed by atoms with van der Waals surface area (Å²) in [7, 11) is 0. The Hall–Kier alpha value is -1.65. The first kappa shape index (κ1) is 64.3. The number of aliphatic hydroxyl groups is 2. The highest BCUT2D eigenvalue weighted by Crippen LogP contribution is 2.17. The molecule has 4 nitrogen and oxygen atoms in total. The standard InChI is InChI=1S/C62H117NO3/c1-3-5-7-9-11-13-15-17-19-21-23-24-25-26-27-28-29-30-31-32-33-34-35-36-37-38-40-42-44-46-48-50-52-54-56-58-62(66)63-60(59-64)61(65)57-55-53-51-49-47-45-43-41-39-22-20-18-16-14-12-10-8-6-4-2/h25-26,28-29,47,49,55,57,60-61,64-65H,3-24,27,30-46,48,50-54,56,58-59H2,1-2H3,(H,63,66)/b26-25-,29-28-,49-47+,57-55+. The van der Waals surface area contributed by atoms with E-state index in [9.17, 15) is 15.0 Å². The molecule has 0 heterocycles. The quantitative estimate of drug-likeness (QED) is 0.0420. The van der Waals surface area contributed by atoms with Crippen molar-refractivity contribution in [2.45, 2.75) is 334 Å². The summed E-state index contributed by atoms with van der Waals surface area (Å²) in [5, 5.41) is 23.1. The summed E-state index contributed by atoms with van der Waals surface area (Å²) in [5.74, 6) is -0.0699. The van der Waals surface area contributed by atoms with E-state index in [2.05, 4.69) is 55.6 Å². The van der Waals surface area contributed by atoms with Crippen molar-refractivity contribution in [3.8, 4) is 0 Å². The van der Waals surface area contributed by atoms with Crippen molar-refractivity contribution in [1.29, 1.82) is 0 Å². The van der Waals surface area contributed by atoms with Gasteiger partial charge >= 0.3 is 0 Å². The second-order valence-corrected chi connectivity index (χ2v) is 20.4. The number of hydrogen-bond donors (Lipinski definition) is 3. The van der Waals surface area contributed by atoms with Crippen LogP contribution in [-0.4, -0.2) is 34.9 Å². The van der Waals surface area contributed by atoms with Gasteiger partial charge in [0.15, 0.2) is 0 Å². The van der Waals surface area contributed by atoms with Gasteiger partial charge in [-0.25, -0.2) is 0 Å². The number of carbonyl (C=O) groups is 1. The zero-order chi connectivity index (χ0) is 47.7. The van der Waals surface area contributed by atoms with Crippen LogP contribution in [0.15, 0.2) is 48.6 Å². The van der Waals surface area contributed by atoms with Gasteiger partial charge in [-0.15, -0.1) is 0 Å². The van der Waals surface area contributed by atoms with Gasteiger partial charge in [-0.1, -0.05) is 300 Å². The average molecular weight is 925 g/mol. The highest BCUT2D eigenvalue weighted by molar-refractivity contribution is 5.76. The van der Waals surface area contributed by atoms with Crippen molar-refractivity contribution >= 4 is 5.91 Å². The molecule has 0 aliphatic rings. The minimum atomic E-state index is -0.863. The Balaban J connectivity index is 3.47. The van der Waals surface area contributed by atoms with Gasteiger partial charge in [0.05, 0.1) is 18.8 Å². The molecule has 0 aliphatic heterocycles. The average Bonchev–Trinajstić information content (AvgIpc) is 3.32. The van der Waals surface area contributed by atoms with E-state index in [1.54, 1.807) is 6.08 Å². The van der Waals surface area contributed by atoms with Gasteiger partial charge in [0.2, 0.25) is 5.91 Å². The van der Waals surface area contributed by atoms with Crippen molar-refractivity contribution in [3.05, 3.63) is 48.6 Å². The fourth-order valence-electron chi connectivity index (χ4n) is 9.23. The zero-order valence-corrected chi connectivity index (χ0v) is 44.7. The number of rotatable bonds is 55. The minimum absolute atomic E-state index is 0.0699. The molecule has 0 spiro atoms. The maximum absolute atomic E-state index is 12.5. The summed E-state index contributed by atoms with van der Waals surface area (Å²) in [6.45, 7) is 4.33. The van der Waals surface area contributed by atoms with Gasteiger partial charge in [-0.05, 0) is 64.2 Å². The topological polar surface area (TPSA) is 69.6 Å². The molecule has 0 radical (unpaired) electrons. The largest absolute Gasteiger partial charge is 0.394 e. The van der Waals surface area contributed by atoms with Crippen LogP contribution in [0.2, 0.25) is 0 Å². The number of amides is 1. The van der Waals surface area contributed by atoms with Crippen molar-refractivity contribution in [1.82, 2.24) is 5.32 Å². The molecule has 4 heteroatoms. The third kappa shape index (κ3) is 53.3. The van der Waals surface area contributed by atoms with Crippen molar-refractivity contribution in [2.24, 2.45) is 0 Å². The molecule has 2 atom stereocenters. The summed E-state index contributed by atoms with van der Waals surface area (Å²) in [6, 6.07) is -0.639. The SMILES string of the molecule is CCCCCCCCCCCCC/C=C\C/C=C\CCCCCCCCCCCCCCCCCCCC(=O)NC(CO)C(O)/C=C/CC/C=C/CCCCCCCCCCCCCCC. The van der Waals surface area contributed by atoms with E-state index in [1.807, 2.05) is 6.08 Å². The monoisotopic (exact) mass is 924 g/mol. The molecule has 0 fully saturated rings. The molecular formula is C62H117NO3. The van der Waals surface area contributed by atoms with Gasteiger partial charge in [0.1, 0.15) is 0 Å². The molecule has 0 saturated carbocycles. The first-order chi connectivity index (χ1) is 32.7. The third-order valence-corrected chi connectivity index (χ3v) is 13.8. The van der Waals surface area contributed by atoms with Crippen LogP contribution in [0.4, 0.5) is 0 Å². The summed E-state index contributed by atoms with van der Waals surface area (Å²) < 4.78 is 0. The lowest BCUT2D eigenvalue weighted by Gasteiger charge is -2.19. The third-order valence-electron chi connectivity index (χ3n) is 13.8. The van der Waals surface area contributed by atoms with Gasteiger partial charge in [0.25, 0.3) is 0 Å². The molecule has 0 aromatic heterocycles. The molecule has 0 rings (SSSR count). The first-order valence-corrected chi connectivity index (χ1v) is 29.9. The van der Waals surface area contributed by atoms with Crippen LogP contribution >= 0.6 is 0 Å². The van der Waals surface area contributed by atoms with Crippen LogP contribution in [0.3, 0.4) is 0 Å². The van der Waals surface area contributed by atoms with Gasteiger partial charge in [-0.3, -0.25) is 4.79 Å². The molecule has 1 amide bonds. The number of aliphatic hydroxyl groups excluding tert-OH is 2.